The normalized spacial score (nSPS) is 26.3. The van der Waals surface area contributed by atoms with Crippen molar-refractivity contribution in [1.82, 2.24) is 19.9 Å². The van der Waals surface area contributed by atoms with Gasteiger partial charge in [0, 0.05) is 18.0 Å². The number of aromatic amines is 1. The van der Waals surface area contributed by atoms with Gasteiger partial charge < -0.3 is 34.3 Å². The van der Waals surface area contributed by atoms with Gasteiger partial charge in [0.1, 0.15) is 29.4 Å². The summed E-state index contributed by atoms with van der Waals surface area (Å²) in [5.41, 5.74) is 0.200. The Kier molecular flexibility index (Phi) is 7.51. The van der Waals surface area contributed by atoms with Crippen molar-refractivity contribution >= 4 is 28.7 Å². The molecule has 3 fully saturated rings. The number of nitrogens with zero attached hydrogens (tertiary/aromatic N) is 3. The van der Waals surface area contributed by atoms with Crippen molar-refractivity contribution in [2.75, 3.05) is 19.8 Å². The minimum Gasteiger partial charge on any atom is -0.471 e. The molecule has 1 aromatic carbocycles. The first-order valence-electron chi connectivity index (χ1n) is 13.4. The number of piperidine rings is 1. The van der Waals surface area contributed by atoms with E-state index in [2.05, 4.69) is 15.0 Å². The summed E-state index contributed by atoms with van der Waals surface area (Å²) >= 11 is 6.32. The number of aromatic nitrogens is 3. The number of imidazole rings is 1. The topological polar surface area (TPSA) is 130 Å². The fourth-order valence-corrected chi connectivity index (χ4v) is 6.08. The summed E-state index contributed by atoms with van der Waals surface area (Å²) in [7, 11) is 0. The van der Waals surface area contributed by atoms with Crippen LogP contribution in [0.2, 0.25) is 5.02 Å². The summed E-state index contributed by atoms with van der Waals surface area (Å²) in [6, 6.07) is 3.32. The first-order valence-corrected chi connectivity index (χ1v) is 13.7. The maximum atomic E-state index is 14.9. The molecule has 3 N–H and O–H groups in total. The average molecular weight is 579 g/mol. The van der Waals surface area contributed by atoms with E-state index in [1.165, 1.54) is 11.0 Å². The second kappa shape index (κ2) is 11.1. The molecule has 0 bridgehead atoms. The van der Waals surface area contributed by atoms with Gasteiger partial charge in [0.05, 0.1) is 42.5 Å². The fourth-order valence-electron chi connectivity index (χ4n) is 5.87. The highest BCUT2D eigenvalue weighted by atomic mass is 35.5. The van der Waals surface area contributed by atoms with Crippen LogP contribution in [0, 0.1) is 17.6 Å². The number of hydrogen-bond acceptors (Lipinski definition) is 8. The van der Waals surface area contributed by atoms with Crippen LogP contribution in [0.1, 0.15) is 48.0 Å². The standard InChI is InChI=1S/C27H29ClF2N4O6/c28-17-9-20-24(33-27(31-20)40-22-5-4-15-21(36)12-38-23(15)22)32-25(17)39-11-16-18(29)7-13(8-19(16)30)26(37)34-6-2-1-3-14(34)10-35/h7-9,14-15,21-23,35-36H,1-6,10-12H2,(H,31,32,33)/t14?,15?,21-,22-,23+/m1/s1. The Morgan fingerprint density at radius 1 is 1.18 bits per heavy atom. The number of carbonyl (C=O) groups excluding carboxylic acids is 1. The zero-order chi connectivity index (χ0) is 28.0. The van der Waals surface area contributed by atoms with Crippen molar-refractivity contribution in [3.05, 3.63) is 46.0 Å². The molecule has 0 spiro atoms. The third kappa shape index (κ3) is 5.09. The van der Waals surface area contributed by atoms with Crippen molar-refractivity contribution in [3.8, 4) is 11.9 Å². The second-order valence-electron chi connectivity index (χ2n) is 10.5. The van der Waals surface area contributed by atoms with Crippen molar-refractivity contribution < 1.29 is 38.0 Å². The molecule has 4 heterocycles. The number of carbonyl (C=O) groups is 1. The van der Waals surface area contributed by atoms with Gasteiger partial charge in [-0.25, -0.2) is 8.78 Å². The van der Waals surface area contributed by atoms with Crippen molar-refractivity contribution in [1.29, 1.82) is 0 Å². The largest absolute Gasteiger partial charge is 0.471 e. The molecular formula is C27H29ClF2N4O6. The van der Waals surface area contributed by atoms with Crippen LogP contribution in [-0.4, -0.2) is 80.1 Å². The number of ether oxygens (including phenoxy) is 3. The third-order valence-electron chi connectivity index (χ3n) is 8.00. The van der Waals surface area contributed by atoms with Crippen LogP contribution < -0.4 is 9.47 Å². The number of halogens is 3. The number of nitrogens with one attached hydrogen (secondary N) is 1. The van der Waals surface area contributed by atoms with Crippen LogP contribution in [0.25, 0.3) is 11.2 Å². The molecule has 3 aliphatic rings. The highest BCUT2D eigenvalue weighted by Gasteiger charge is 2.47. The highest BCUT2D eigenvalue weighted by Crippen LogP contribution is 2.38. The lowest BCUT2D eigenvalue weighted by atomic mass is 10.0. The molecule has 13 heteroatoms. The minimum absolute atomic E-state index is 0.0390. The average Bonchev–Trinajstić information content (AvgIpc) is 3.64. The number of hydrogen-bond donors (Lipinski definition) is 3. The number of rotatable bonds is 7. The van der Waals surface area contributed by atoms with E-state index in [0.717, 1.165) is 31.4 Å². The smallest absolute Gasteiger partial charge is 0.296 e. The predicted molar refractivity (Wildman–Crippen MR) is 138 cm³/mol. The lowest BCUT2D eigenvalue weighted by Gasteiger charge is -2.34. The van der Waals surface area contributed by atoms with Crippen LogP contribution in [0.3, 0.4) is 0 Å². The number of H-pyrrole nitrogens is 1. The van der Waals surface area contributed by atoms with Gasteiger partial charge in [-0.1, -0.05) is 11.6 Å². The van der Waals surface area contributed by atoms with E-state index < -0.39 is 30.3 Å². The van der Waals surface area contributed by atoms with Gasteiger partial charge in [0.2, 0.25) is 5.88 Å². The van der Waals surface area contributed by atoms with E-state index in [9.17, 15) is 23.8 Å². The molecule has 40 heavy (non-hydrogen) atoms. The van der Waals surface area contributed by atoms with E-state index >= 15 is 0 Å². The summed E-state index contributed by atoms with van der Waals surface area (Å²) in [4.78, 5) is 26.0. The van der Waals surface area contributed by atoms with Crippen LogP contribution in [0.15, 0.2) is 18.2 Å². The molecule has 6 rings (SSSR count). The summed E-state index contributed by atoms with van der Waals surface area (Å²) in [6.07, 6.45) is 2.83. The predicted octanol–water partition coefficient (Wildman–Crippen LogP) is 3.37. The number of aliphatic hydroxyl groups excluding tert-OH is 2. The molecule has 2 saturated heterocycles. The zero-order valence-corrected chi connectivity index (χ0v) is 22.2. The van der Waals surface area contributed by atoms with Crippen molar-refractivity contribution in [3.63, 3.8) is 0 Å². The number of aliphatic hydroxyl groups is 2. The number of benzene rings is 1. The van der Waals surface area contributed by atoms with E-state index in [1.807, 2.05) is 0 Å². The third-order valence-corrected chi connectivity index (χ3v) is 8.27. The SMILES string of the molecule is O=C(c1cc(F)c(COc2nc3nc(O[C@@H]4CCC5[C@H](O)CO[C@@H]54)[nH]c3cc2Cl)c(F)c1)N1CCCCC1CO. The van der Waals surface area contributed by atoms with E-state index in [1.54, 1.807) is 0 Å². The summed E-state index contributed by atoms with van der Waals surface area (Å²) in [5, 5.41) is 19.7. The Balaban J connectivity index is 1.15. The lowest BCUT2D eigenvalue weighted by molar-refractivity contribution is 0.0135. The van der Waals surface area contributed by atoms with Crippen LogP contribution in [-0.2, 0) is 11.3 Å². The fraction of sp³-hybridized carbons (Fsp3) is 0.519. The number of amides is 1. The van der Waals surface area contributed by atoms with Gasteiger partial charge in [-0.15, -0.1) is 0 Å². The molecule has 5 atom stereocenters. The molecular weight excluding hydrogens is 550 g/mol. The van der Waals surface area contributed by atoms with Crippen LogP contribution in [0.5, 0.6) is 11.9 Å². The molecule has 0 radical (unpaired) electrons. The number of pyridine rings is 1. The Hall–Kier alpha value is -3.06. The molecule has 1 aliphatic carbocycles. The Bertz CT molecular complexity index is 1400. The summed E-state index contributed by atoms with van der Waals surface area (Å²) < 4.78 is 47.1. The Morgan fingerprint density at radius 2 is 1.98 bits per heavy atom. The molecule has 2 aromatic heterocycles. The van der Waals surface area contributed by atoms with Gasteiger partial charge in [-0.3, -0.25) is 4.79 Å². The number of likely N-dealkylation sites (tertiary alicyclic amines) is 1. The second-order valence-corrected chi connectivity index (χ2v) is 10.9. The first-order chi connectivity index (χ1) is 19.3. The van der Waals surface area contributed by atoms with Gasteiger partial charge in [0.25, 0.3) is 11.9 Å². The molecule has 2 aliphatic heterocycles. The van der Waals surface area contributed by atoms with Gasteiger partial charge in [-0.2, -0.15) is 9.97 Å². The van der Waals surface area contributed by atoms with Crippen LogP contribution >= 0.6 is 11.6 Å². The monoisotopic (exact) mass is 578 g/mol. The Labute approximate surface area is 233 Å². The van der Waals surface area contributed by atoms with Crippen molar-refractivity contribution in [2.24, 2.45) is 5.92 Å². The summed E-state index contributed by atoms with van der Waals surface area (Å²) in [6.45, 7) is -0.0180. The van der Waals surface area contributed by atoms with E-state index in [4.69, 9.17) is 25.8 Å². The lowest BCUT2D eigenvalue weighted by Crippen LogP contribution is -2.45. The molecule has 1 amide bonds. The maximum absolute atomic E-state index is 14.9. The van der Waals surface area contributed by atoms with E-state index in [0.29, 0.717) is 24.9 Å². The van der Waals surface area contributed by atoms with Gasteiger partial charge >= 0.3 is 0 Å². The van der Waals surface area contributed by atoms with E-state index in [-0.39, 0.29) is 71.1 Å². The van der Waals surface area contributed by atoms with Crippen LogP contribution in [0.4, 0.5) is 8.78 Å². The molecule has 3 aromatic rings. The summed E-state index contributed by atoms with van der Waals surface area (Å²) in [5.74, 6) is -2.45. The zero-order valence-electron chi connectivity index (χ0n) is 21.5. The minimum atomic E-state index is -0.942. The molecule has 2 unspecified atom stereocenters. The highest BCUT2D eigenvalue weighted by molar-refractivity contribution is 6.32. The Morgan fingerprint density at radius 3 is 2.75 bits per heavy atom. The molecule has 1 saturated carbocycles. The first kappa shape index (κ1) is 27.1. The van der Waals surface area contributed by atoms with Crippen molar-refractivity contribution in [2.45, 2.75) is 63.1 Å². The molecule has 10 nitrogen and oxygen atoms in total. The quantitative estimate of drug-likeness (QED) is 0.389. The maximum Gasteiger partial charge on any atom is 0.296 e. The molecule has 214 valence electrons. The van der Waals surface area contributed by atoms with Gasteiger partial charge in [0.15, 0.2) is 5.65 Å². The van der Waals surface area contributed by atoms with Gasteiger partial charge in [-0.05, 0) is 50.3 Å². The number of fused-ring (bicyclic) bond motifs is 2.